The van der Waals surface area contributed by atoms with Gasteiger partial charge >= 0.3 is 0 Å². The lowest BCUT2D eigenvalue weighted by Crippen LogP contribution is -2.30. The molecule has 0 fully saturated rings. The number of hydrogen-bond donors (Lipinski definition) is 2. The molecule has 0 aliphatic carbocycles. The van der Waals surface area contributed by atoms with Crippen molar-refractivity contribution in [3.8, 4) is 0 Å². The molecule has 0 saturated heterocycles. The van der Waals surface area contributed by atoms with E-state index in [0.29, 0.717) is 13.2 Å². The molecule has 0 bridgehead atoms. The standard InChI is InChI=1S/C12H20N2O2/c1-10-3-4-11(13)9-12(10)14(5-7-15)6-8-16-2/h3-4,9,15H,5-8,13H2,1-2H3. The number of aryl methyl sites for hydroxylation is 1. The van der Waals surface area contributed by atoms with Gasteiger partial charge in [-0.25, -0.2) is 0 Å². The zero-order valence-corrected chi connectivity index (χ0v) is 9.94. The summed E-state index contributed by atoms with van der Waals surface area (Å²) in [6.45, 7) is 4.13. The second-order valence-corrected chi connectivity index (χ2v) is 3.75. The number of aliphatic hydroxyl groups excluding tert-OH is 1. The van der Waals surface area contributed by atoms with Crippen LogP contribution in [0.25, 0.3) is 0 Å². The molecular formula is C12H20N2O2. The Bertz CT molecular complexity index is 329. The first-order valence-corrected chi connectivity index (χ1v) is 5.40. The molecule has 4 heteroatoms. The molecule has 0 unspecified atom stereocenters. The molecule has 0 heterocycles. The number of aliphatic hydroxyl groups is 1. The third kappa shape index (κ3) is 3.40. The van der Waals surface area contributed by atoms with Crippen LogP contribution in [0.4, 0.5) is 11.4 Å². The van der Waals surface area contributed by atoms with Gasteiger partial charge in [0.1, 0.15) is 0 Å². The van der Waals surface area contributed by atoms with E-state index in [2.05, 4.69) is 4.90 Å². The molecule has 0 saturated carbocycles. The summed E-state index contributed by atoms with van der Waals surface area (Å²) in [5.41, 5.74) is 8.72. The number of nitrogens with zero attached hydrogens (tertiary/aromatic N) is 1. The Morgan fingerprint density at radius 3 is 2.75 bits per heavy atom. The van der Waals surface area contributed by atoms with Gasteiger partial charge in [-0.1, -0.05) is 6.07 Å². The van der Waals surface area contributed by atoms with Gasteiger partial charge in [0.25, 0.3) is 0 Å². The minimum Gasteiger partial charge on any atom is -0.399 e. The average molecular weight is 224 g/mol. The molecule has 90 valence electrons. The summed E-state index contributed by atoms with van der Waals surface area (Å²) in [6, 6.07) is 5.80. The quantitative estimate of drug-likeness (QED) is 0.708. The largest absolute Gasteiger partial charge is 0.399 e. The third-order valence-electron chi connectivity index (χ3n) is 2.51. The molecule has 1 rings (SSSR count). The van der Waals surface area contributed by atoms with Crippen molar-refractivity contribution in [3.63, 3.8) is 0 Å². The number of methoxy groups -OCH3 is 1. The molecule has 0 amide bonds. The summed E-state index contributed by atoms with van der Waals surface area (Å²) >= 11 is 0. The summed E-state index contributed by atoms with van der Waals surface area (Å²) < 4.78 is 5.06. The van der Waals surface area contributed by atoms with Crippen LogP contribution in [0, 0.1) is 6.92 Å². The van der Waals surface area contributed by atoms with Gasteiger partial charge < -0.3 is 20.5 Å². The van der Waals surface area contributed by atoms with Gasteiger partial charge in [0, 0.05) is 31.6 Å². The lowest BCUT2D eigenvalue weighted by Gasteiger charge is -2.25. The number of nitrogen functional groups attached to an aromatic ring is 1. The molecule has 16 heavy (non-hydrogen) atoms. The van der Waals surface area contributed by atoms with Gasteiger partial charge in [-0.05, 0) is 24.6 Å². The highest BCUT2D eigenvalue weighted by Crippen LogP contribution is 2.22. The van der Waals surface area contributed by atoms with Gasteiger partial charge in [0.15, 0.2) is 0 Å². The maximum absolute atomic E-state index is 9.04. The summed E-state index contributed by atoms with van der Waals surface area (Å²) in [4.78, 5) is 2.08. The summed E-state index contributed by atoms with van der Waals surface area (Å²) in [7, 11) is 1.67. The molecule has 3 N–H and O–H groups in total. The van der Waals surface area contributed by atoms with Crippen molar-refractivity contribution in [3.05, 3.63) is 23.8 Å². The van der Waals surface area contributed by atoms with Crippen molar-refractivity contribution in [2.45, 2.75) is 6.92 Å². The van der Waals surface area contributed by atoms with Gasteiger partial charge in [-0.3, -0.25) is 0 Å². The van der Waals surface area contributed by atoms with Crippen LogP contribution in [-0.4, -0.2) is 38.5 Å². The maximum Gasteiger partial charge on any atom is 0.0637 e. The van der Waals surface area contributed by atoms with E-state index in [1.54, 1.807) is 7.11 Å². The first kappa shape index (κ1) is 12.8. The first-order chi connectivity index (χ1) is 7.69. The highest BCUT2D eigenvalue weighted by Gasteiger charge is 2.08. The van der Waals surface area contributed by atoms with Crippen LogP contribution in [-0.2, 0) is 4.74 Å². The molecule has 1 aromatic rings. The van der Waals surface area contributed by atoms with Crippen molar-refractivity contribution < 1.29 is 9.84 Å². The van der Waals surface area contributed by atoms with Gasteiger partial charge in [-0.2, -0.15) is 0 Å². The van der Waals surface area contributed by atoms with Crippen molar-refractivity contribution in [1.82, 2.24) is 0 Å². The average Bonchev–Trinajstić information content (AvgIpc) is 2.28. The fraction of sp³-hybridized carbons (Fsp3) is 0.500. The normalized spacial score (nSPS) is 10.4. The van der Waals surface area contributed by atoms with Crippen molar-refractivity contribution in [1.29, 1.82) is 0 Å². The lowest BCUT2D eigenvalue weighted by atomic mass is 10.1. The number of hydrogen-bond acceptors (Lipinski definition) is 4. The fourth-order valence-corrected chi connectivity index (χ4v) is 1.64. The SMILES string of the molecule is COCCN(CCO)c1cc(N)ccc1C. The van der Waals surface area contributed by atoms with Crippen LogP contribution in [0.2, 0.25) is 0 Å². The molecule has 0 aliphatic rings. The number of ether oxygens (including phenoxy) is 1. The summed E-state index contributed by atoms with van der Waals surface area (Å²) in [6.07, 6.45) is 0. The Kier molecular flexibility index (Phi) is 5.08. The smallest absolute Gasteiger partial charge is 0.0637 e. The molecule has 0 radical (unpaired) electrons. The van der Waals surface area contributed by atoms with Crippen LogP contribution in [0.3, 0.4) is 0 Å². The van der Waals surface area contributed by atoms with Crippen LogP contribution < -0.4 is 10.6 Å². The maximum atomic E-state index is 9.04. The summed E-state index contributed by atoms with van der Waals surface area (Å²) in [5.74, 6) is 0. The van der Waals surface area contributed by atoms with E-state index < -0.39 is 0 Å². The van der Waals surface area contributed by atoms with Gasteiger partial charge in [0.2, 0.25) is 0 Å². The fourth-order valence-electron chi connectivity index (χ4n) is 1.64. The van der Waals surface area contributed by atoms with Crippen LogP contribution in [0.15, 0.2) is 18.2 Å². The molecule has 0 spiro atoms. The first-order valence-electron chi connectivity index (χ1n) is 5.40. The topological polar surface area (TPSA) is 58.7 Å². The van der Waals surface area contributed by atoms with Crippen LogP contribution in [0.1, 0.15) is 5.56 Å². The van der Waals surface area contributed by atoms with E-state index in [-0.39, 0.29) is 6.61 Å². The van der Waals surface area contributed by atoms with E-state index in [4.69, 9.17) is 15.6 Å². The van der Waals surface area contributed by atoms with Crippen LogP contribution in [0.5, 0.6) is 0 Å². The summed E-state index contributed by atoms with van der Waals surface area (Å²) in [5, 5.41) is 9.04. The molecular weight excluding hydrogens is 204 g/mol. The zero-order valence-electron chi connectivity index (χ0n) is 9.94. The predicted molar refractivity (Wildman–Crippen MR) is 66.8 cm³/mol. The highest BCUT2D eigenvalue weighted by atomic mass is 16.5. The van der Waals surface area contributed by atoms with Crippen molar-refractivity contribution >= 4 is 11.4 Å². The van der Waals surface area contributed by atoms with Gasteiger partial charge in [-0.15, -0.1) is 0 Å². The van der Waals surface area contributed by atoms with E-state index in [1.807, 2.05) is 25.1 Å². The molecule has 4 nitrogen and oxygen atoms in total. The Morgan fingerprint density at radius 2 is 2.12 bits per heavy atom. The Balaban J connectivity index is 2.85. The van der Waals surface area contributed by atoms with E-state index in [1.165, 1.54) is 0 Å². The minimum atomic E-state index is 0.123. The van der Waals surface area contributed by atoms with E-state index in [0.717, 1.165) is 23.5 Å². The third-order valence-corrected chi connectivity index (χ3v) is 2.51. The second-order valence-electron chi connectivity index (χ2n) is 3.75. The van der Waals surface area contributed by atoms with Crippen molar-refractivity contribution in [2.75, 3.05) is 44.0 Å². The Hall–Kier alpha value is -1.26. The molecule has 0 atom stereocenters. The highest BCUT2D eigenvalue weighted by molar-refractivity contribution is 5.60. The minimum absolute atomic E-state index is 0.123. The monoisotopic (exact) mass is 224 g/mol. The Morgan fingerprint density at radius 1 is 1.38 bits per heavy atom. The number of nitrogens with two attached hydrogens (primary N) is 1. The van der Waals surface area contributed by atoms with Crippen molar-refractivity contribution in [2.24, 2.45) is 0 Å². The number of anilines is 2. The Labute approximate surface area is 96.6 Å². The molecule has 1 aromatic carbocycles. The molecule has 0 aromatic heterocycles. The van der Waals surface area contributed by atoms with E-state index >= 15 is 0 Å². The second kappa shape index (κ2) is 6.35. The number of rotatable bonds is 6. The molecule has 0 aliphatic heterocycles. The van der Waals surface area contributed by atoms with Crippen LogP contribution >= 0.6 is 0 Å². The predicted octanol–water partition coefficient (Wildman–Crippen LogP) is 1.02. The number of benzene rings is 1. The zero-order chi connectivity index (χ0) is 12.0. The lowest BCUT2D eigenvalue weighted by molar-refractivity contribution is 0.203. The van der Waals surface area contributed by atoms with E-state index in [9.17, 15) is 0 Å². The van der Waals surface area contributed by atoms with Gasteiger partial charge in [0.05, 0.1) is 13.2 Å².